The fourth-order valence-electron chi connectivity index (χ4n) is 3.09. The van der Waals surface area contributed by atoms with Crippen molar-refractivity contribution in [2.45, 2.75) is 37.6 Å². The molecular formula is C20H24O6. The quantitative estimate of drug-likeness (QED) is 0.872. The monoisotopic (exact) mass is 360 g/mol. The number of benzene rings is 2. The van der Waals surface area contributed by atoms with Gasteiger partial charge in [0.1, 0.15) is 22.7 Å². The van der Waals surface area contributed by atoms with Gasteiger partial charge in [-0.2, -0.15) is 0 Å². The first-order valence-corrected chi connectivity index (χ1v) is 8.34. The van der Waals surface area contributed by atoms with Gasteiger partial charge < -0.3 is 29.2 Å². The molecule has 1 heterocycles. The van der Waals surface area contributed by atoms with E-state index in [4.69, 9.17) is 18.9 Å². The van der Waals surface area contributed by atoms with Crippen LogP contribution in [0, 0.1) is 0 Å². The van der Waals surface area contributed by atoms with Gasteiger partial charge in [-0.25, -0.2) is 0 Å². The summed E-state index contributed by atoms with van der Waals surface area (Å²) in [6.45, 7) is 3.33. The maximum Gasteiger partial charge on any atom is 0.189 e. The van der Waals surface area contributed by atoms with Crippen molar-refractivity contribution in [3.05, 3.63) is 59.7 Å². The molecule has 1 saturated heterocycles. The van der Waals surface area contributed by atoms with Crippen LogP contribution in [-0.4, -0.2) is 37.0 Å². The summed E-state index contributed by atoms with van der Waals surface area (Å²) in [5, 5.41) is 21.5. The van der Waals surface area contributed by atoms with Gasteiger partial charge in [-0.05, 0) is 49.2 Å². The van der Waals surface area contributed by atoms with Crippen LogP contribution in [0.4, 0.5) is 0 Å². The summed E-state index contributed by atoms with van der Waals surface area (Å²) in [5.41, 5.74) is -1.24. The Hall–Kier alpha value is -2.12. The van der Waals surface area contributed by atoms with E-state index < -0.39 is 23.8 Å². The molecule has 2 aromatic rings. The first kappa shape index (κ1) is 18.7. The van der Waals surface area contributed by atoms with E-state index in [2.05, 4.69) is 0 Å². The van der Waals surface area contributed by atoms with Gasteiger partial charge in [0.25, 0.3) is 0 Å². The van der Waals surface area contributed by atoms with Crippen molar-refractivity contribution in [2.24, 2.45) is 0 Å². The van der Waals surface area contributed by atoms with Crippen LogP contribution in [-0.2, 0) is 20.7 Å². The molecule has 0 amide bonds. The first-order valence-electron chi connectivity index (χ1n) is 8.34. The number of rotatable bonds is 4. The van der Waals surface area contributed by atoms with Crippen molar-refractivity contribution >= 4 is 0 Å². The van der Waals surface area contributed by atoms with Gasteiger partial charge >= 0.3 is 0 Å². The summed E-state index contributed by atoms with van der Waals surface area (Å²) >= 11 is 0. The average molecular weight is 360 g/mol. The largest absolute Gasteiger partial charge is 0.497 e. The molecule has 0 aromatic heterocycles. The highest BCUT2D eigenvalue weighted by Gasteiger charge is 2.53. The summed E-state index contributed by atoms with van der Waals surface area (Å²) in [6, 6.07) is 14.2. The van der Waals surface area contributed by atoms with Crippen LogP contribution in [0.2, 0.25) is 0 Å². The Kier molecular flexibility index (Phi) is 4.94. The number of hydrogen-bond donors (Lipinski definition) is 2. The van der Waals surface area contributed by atoms with Gasteiger partial charge in [-0.15, -0.1) is 0 Å². The molecule has 4 unspecified atom stereocenters. The molecule has 0 bridgehead atoms. The third kappa shape index (κ3) is 3.05. The topological polar surface area (TPSA) is 77.4 Å². The number of ether oxygens (including phenoxy) is 4. The van der Waals surface area contributed by atoms with E-state index in [1.165, 1.54) is 0 Å². The lowest BCUT2D eigenvalue weighted by Crippen LogP contribution is -2.58. The molecule has 2 aromatic carbocycles. The highest BCUT2D eigenvalue weighted by Crippen LogP contribution is 2.45. The van der Waals surface area contributed by atoms with Crippen LogP contribution >= 0.6 is 0 Å². The van der Waals surface area contributed by atoms with Crippen molar-refractivity contribution in [1.82, 2.24) is 0 Å². The second-order valence-electron chi connectivity index (χ2n) is 6.62. The number of aliphatic hydroxyl groups is 2. The lowest BCUT2D eigenvalue weighted by atomic mass is 9.88. The SMILES string of the molecule is COc1cccc(C2(C)OC(O)C(C)(c3cccc(OC)c3)OC2O)c1. The van der Waals surface area contributed by atoms with E-state index in [0.717, 1.165) is 0 Å². The Labute approximate surface area is 152 Å². The number of hydrogen-bond acceptors (Lipinski definition) is 6. The smallest absolute Gasteiger partial charge is 0.189 e. The fourth-order valence-corrected chi connectivity index (χ4v) is 3.09. The van der Waals surface area contributed by atoms with Crippen LogP contribution in [0.3, 0.4) is 0 Å². The van der Waals surface area contributed by atoms with Gasteiger partial charge in [0, 0.05) is 0 Å². The molecule has 140 valence electrons. The van der Waals surface area contributed by atoms with E-state index in [-0.39, 0.29) is 0 Å². The molecule has 0 saturated carbocycles. The first-order chi connectivity index (χ1) is 12.3. The highest BCUT2D eigenvalue weighted by molar-refractivity contribution is 5.35. The van der Waals surface area contributed by atoms with Crippen molar-refractivity contribution in [2.75, 3.05) is 14.2 Å². The Morgan fingerprint density at radius 3 is 1.50 bits per heavy atom. The lowest BCUT2D eigenvalue weighted by molar-refractivity contribution is -0.406. The Morgan fingerprint density at radius 1 is 0.769 bits per heavy atom. The molecule has 4 atom stereocenters. The van der Waals surface area contributed by atoms with Gasteiger partial charge in [-0.1, -0.05) is 24.3 Å². The minimum absolute atomic E-state index is 0.621. The molecule has 26 heavy (non-hydrogen) atoms. The van der Waals surface area contributed by atoms with Crippen LogP contribution in [0.5, 0.6) is 11.5 Å². The second-order valence-corrected chi connectivity index (χ2v) is 6.62. The number of aliphatic hydroxyl groups excluding tert-OH is 2. The lowest BCUT2D eigenvalue weighted by Gasteiger charge is -2.49. The van der Waals surface area contributed by atoms with E-state index in [1.54, 1.807) is 76.6 Å². The van der Waals surface area contributed by atoms with Gasteiger partial charge in [0.2, 0.25) is 0 Å². The van der Waals surface area contributed by atoms with E-state index in [1.807, 2.05) is 0 Å². The zero-order valence-electron chi connectivity index (χ0n) is 15.3. The van der Waals surface area contributed by atoms with Gasteiger partial charge in [0.15, 0.2) is 12.6 Å². The summed E-state index contributed by atoms with van der Waals surface area (Å²) in [4.78, 5) is 0. The molecule has 6 heteroatoms. The van der Waals surface area contributed by atoms with Crippen LogP contribution in [0.1, 0.15) is 25.0 Å². The van der Waals surface area contributed by atoms with Crippen molar-refractivity contribution in [3.63, 3.8) is 0 Å². The fraction of sp³-hybridized carbons (Fsp3) is 0.400. The molecule has 2 N–H and O–H groups in total. The summed E-state index contributed by atoms with van der Waals surface area (Å²) in [6.07, 6.45) is -2.62. The average Bonchev–Trinajstić information content (AvgIpc) is 2.66. The summed E-state index contributed by atoms with van der Waals surface area (Å²) in [5.74, 6) is 1.24. The highest BCUT2D eigenvalue weighted by atomic mass is 16.7. The number of methoxy groups -OCH3 is 2. The maximum absolute atomic E-state index is 10.8. The Bertz CT molecular complexity index is 713. The Balaban J connectivity index is 1.95. The predicted octanol–water partition coefficient (Wildman–Crippen LogP) is 2.52. The van der Waals surface area contributed by atoms with E-state index in [9.17, 15) is 10.2 Å². The van der Waals surface area contributed by atoms with Crippen molar-refractivity contribution in [3.8, 4) is 11.5 Å². The van der Waals surface area contributed by atoms with E-state index in [0.29, 0.717) is 22.6 Å². The molecular weight excluding hydrogens is 336 g/mol. The third-order valence-electron chi connectivity index (χ3n) is 4.94. The minimum atomic E-state index is -1.31. The van der Waals surface area contributed by atoms with Crippen LogP contribution in [0.25, 0.3) is 0 Å². The predicted molar refractivity (Wildman–Crippen MR) is 94.9 cm³/mol. The standard InChI is InChI=1S/C20H24O6/c1-19(13-7-5-9-15(11-13)23-3)17(21)26-20(2,18(22)25-19)14-8-6-10-16(12-14)24-4/h5-12,17-18,21-22H,1-4H3. The molecule has 0 radical (unpaired) electrons. The normalized spacial score (nSPS) is 31.5. The summed E-state index contributed by atoms with van der Waals surface area (Å²) in [7, 11) is 3.12. The van der Waals surface area contributed by atoms with Crippen molar-refractivity contribution < 1.29 is 29.2 Å². The molecule has 1 aliphatic heterocycles. The molecule has 0 aliphatic carbocycles. The molecule has 1 fully saturated rings. The van der Waals surface area contributed by atoms with Crippen LogP contribution < -0.4 is 9.47 Å². The molecule has 6 nitrogen and oxygen atoms in total. The zero-order chi connectivity index (χ0) is 18.9. The summed E-state index contributed by atoms with van der Waals surface area (Å²) < 4.78 is 22.3. The minimum Gasteiger partial charge on any atom is -0.497 e. The third-order valence-corrected chi connectivity index (χ3v) is 4.94. The van der Waals surface area contributed by atoms with Gasteiger partial charge in [-0.3, -0.25) is 0 Å². The Morgan fingerprint density at radius 2 is 1.15 bits per heavy atom. The zero-order valence-corrected chi connectivity index (χ0v) is 15.3. The van der Waals surface area contributed by atoms with Gasteiger partial charge in [0.05, 0.1) is 14.2 Å². The maximum atomic E-state index is 10.8. The molecule has 0 spiro atoms. The second kappa shape index (κ2) is 6.89. The molecule has 3 rings (SSSR count). The van der Waals surface area contributed by atoms with Crippen LogP contribution in [0.15, 0.2) is 48.5 Å². The molecule has 1 aliphatic rings. The van der Waals surface area contributed by atoms with Crippen molar-refractivity contribution in [1.29, 1.82) is 0 Å². The van der Waals surface area contributed by atoms with E-state index >= 15 is 0 Å².